The second-order valence-corrected chi connectivity index (χ2v) is 4.15. The van der Waals surface area contributed by atoms with Crippen LogP contribution in [0, 0.1) is 11.3 Å². The molecule has 16 heavy (non-hydrogen) atoms. The molecule has 0 aliphatic heterocycles. The van der Waals surface area contributed by atoms with E-state index >= 15 is 0 Å². The molecule has 0 saturated carbocycles. The van der Waals surface area contributed by atoms with Crippen molar-refractivity contribution in [1.29, 1.82) is 5.26 Å². The van der Waals surface area contributed by atoms with E-state index in [1.807, 2.05) is 12.1 Å². The molecule has 0 spiro atoms. The van der Waals surface area contributed by atoms with Crippen LogP contribution >= 0.6 is 11.3 Å². The largest absolute Gasteiger partial charge is 0.493 e. The Morgan fingerprint density at radius 3 is 2.62 bits per heavy atom. The van der Waals surface area contributed by atoms with E-state index in [2.05, 4.69) is 22.9 Å². The van der Waals surface area contributed by atoms with Gasteiger partial charge in [-0.2, -0.15) is 16.6 Å². The van der Waals surface area contributed by atoms with E-state index in [1.54, 1.807) is 23.5 Å². The van der Waals surface area contributed by atoms with Gasteiger partial charge in [0.05, 0.1) is 18.2 Å². The molecule has 80 valence electrons. The minimum Gasteiger partial charge on any atom is -0.493 e. The molecule has 0 saturated heterocycles. The Morgan fingerprint density at radius 2 is 2.00 bits per heavy atom. The van der Waals surface area contributed by atoms with E-state index in [-0.39, 0.29) is 0 Å². The molecular formula is C13H11NOS. The smallest absolute Gasteiger partial charge is 0.119 e. The molecule has 0 unspecified atom stereocenters. The van der Waals surface area contributed by atoms with Crippen LogP contribution in [0.1, 0.15) is 11.1 Å². The zero-order valence-electron chi connectivity index (χ0n) is 8.72. The maximum absolute atomic E-state index is 8.64. The van der Waals surface area contributed by atoms with Gasteiger partial charge in [-0.05, 0) is 46.7 Å². The highest BCUT2D eigenvalue weighted by Gasteiger charge is 1.96. The molecule has 1 aromatic heterocycles. The van der Waals surface area contributed by atoms with Crippen molar-refractivity contribution in [2.75, 3.05) is 6.61 Å². The Kier molecular flexibility index (Phi) is 3.58. The number of thiophene rings is 1. The minimum atomic E-state index is 0.658. The quantitative estimate of drug-likeness (QED) is 0.806. The fourth-order valence-electron chi connectivity index (χ4n) is 1.35. The van der Waals surface area contributed by atoms with Crippen LogP contribution in [0.25, 0.3) is 0 Å². The van der Waals surface area contributed by atoms with Crippen LogP contribution in [0.3, 0.4) is 0 Å². The lowest BCUT2D eigenvalue weighted by Crippen LogP contribution is -2.00. The van der Waals surface area contributed by atoms with Crippen LogP contribution in [-0.4, -0.2) is 6.61 Å². The number of nitrogens with zero attached hydrogens (tertiary/aromatic N) is 1. The van der Waals surface area contributed by atoms with Gasteiger partial charge < -0.3 is 4.74 Å². The Hall–Kier alpha value is -1.79. The van der Waals surface area contributed by atoms with Crippen LogP contribution in [0.4, 0.5) is 0 Å². The van der Waals surface area contributed by atoms with E-state index in [4.69, 9.17) is 10.00 Å². The number of benzene rings is 1. The molecule has 0 radical (unpaired) electrons. The van der Waals surface area contributed by atoms with E-state index < -0.39 is 0 Å². The lowest BCUT2D eigenvalue weighted by molar-refractivity contribution is 0.322. The Morgan fingerprint density at radius 1 is 1.19 bits per heavy atom. The van der Waals surface area contributed by atoms with Gasteiger partial charge in [-0.3, -0.25) is 0 Å². The summed E-state index contributed by atoms with van der Waals surface area (Å²) in [6.07, 6.45) is 0.920. The molecular weight excluding hydrogens is 218 g/mol. The third-order valence-electron chi connectivity index (χ3n) is 2.22. The lowest BCUT2D eigenvalue weighted by atomic mass is 10.2. The Labute approximate surface area is 98.7 Å². The van der Waals surface area contributed by atoms with Crippen molar-refractivity contribution in [3.05, 3.63) is 52.2 Å². The Bertz CT molecular complexity index is 468. The van der Waals surface area contributed by atoms with Crippen LogP contribution in [0.15, 0.2) is 41.1 Å². The summed E-state index contributed by atoms with van der Waals surface area (Å²) in [6.45, 7) is 0.669. The second kappa shape index (κ2) is 5.34. The van der Waals surface area contributed by atoms with Crippen LogP contribution in [0.5, 0.6) is 5.75 Å². The molecule has 2 rings (SSSR count). The molecule has 0 amide bonds. The van der Waals surface area contributed by atoms with Gasteiger partial charge in [0.2, 0.25) is 0 Å². The summed E-state index contributed by atoms with van der Waals surface area (Å²) in [5.74, 6) is 0.814. The average molecular weight is 229 g/mol. The third kappa shape index (κ3) is 2.85. The first-order valence-corrected chi connectivity index (χ1v) is 5.97. The highest BCUT2D eigenvalue weighted by atomic mass is 32.1. The van der Waals surface area contributed by atoms with Crippen LogP contribution < -0.4 is 4.74 Å². The molecule has 0 bridgehead atoms. The normalized spacial score (nSPS) is 9.69. The summed E-state index contributed by atoms with van der Waals surface area (Å²) in [5.41, 5.74) is 1.96. The number of ether oxygens (including phenoxy) is 1. The first-order valence-electron chi connectivity index (χ1n) is 5.02. The highest BCUT2D eigenvalue weighted by molar-refractivity contribution is 7.07. The maximum atomic E-state index is 8.64. The van der Waals surface area contributed by atoms with Crippen molar-refractivity contribution >= 4 is 11.3 Å². The predicted octanol–water partition coefficient (Wildman–Crippen LogP) is 3.24. The van der Waals surface area contributed by atoms with Gasteiger partial charge in [0.15, 0.2) is 0 Å². The topological polar surface area (TPSA) is 33.0 Å². The van der Waals surface area contributed by atoms with Crippen LogP contribution in [0.2, 0.25) is 0 Å². The van der Waals surface area contributed by atoms with Gasteiger partial charge >= 0.3 is 0 Å². The first kappa shape index (κ1) is 10.7. The molecule has 0 aliphatic carbocycles. The van der Waals surface area contributed by atoms with Gasteiger partial charge in [0.25, 0.3) is 0 Å². The van der Waals surface area contributed by atoms with Crippen molar-refractivity contribution in [3.63, 3.8) is 0 Å². The van der Waals surface area contributed by atoms with Gasteiger partial charge in [-0.25, -0.2) is 0 Å². The summed E-state index contributed by atoms with van der Waals surface area (Å²) in [4.78, 5) is 0. The number of nitriles is 1. The van der Waals surface area contributed by atoms with Crippen molar-refractivity contribution in [2.45, 2.75) is 6.42 Å². The third-order valence-corrected chi connectivity index (χ3v) is 2.96. The molecule has 3 heteroatoms. The lowest BCUT2D eigenvalue weighted by Gasteiger charge is -2.04. The van der Waals surface area contributed by atoms with Gasteiger partial charge in [-0.1, -0.05) is 0 Å². The SMILES string of the molecule is N#Cc1ccc(OCCc2ccsc2)cc1. The summed E-state index contributed by atoms with van der Waals surface area (Å²) in [7, 11) is 0. The van der Waals surface area contributed by atoms with Crippen molar-refractivity contribution in [2.24, 2.45) is 0 Å². The van der Waals surface area contributed by atoms with Gasteiger partial charge in [0.1, 0.15) is 5.75 Å². The van der Waals surface area contributed by atoms with Crippen molar-refractivity contribution in [1.82, 2.24) is 0 Å². The van der Waals surface area contributed by atoms with E-state index in [0.29, 0.717) is 12.2 Å². The van der Waals surface area contributed by atoms with Gasteiger partial charge in [0, 0.05) is 6.42 Å². The zero-order chi connectivity index (χ0) is 11.2. The average Bonchev–Trinajstić information content (AvgIpc) is 2.83. The molecule has 0 N–H and O–H groups in total. The molecule has 0 aliphatic rings. The summed E-state index contributed by atoms with van der Waals surface area (Å²) >= 11 is 1.70. The monoisotopic (exact) mass is 229 g/mol. The maximum Gasteiger partial charge on any atom is 0.119 e. The zero-order valence-corrected chi connectivity index (χ0v) is 9.54. The van der Waals surface area contributed by atoms with E-state index in [9.17, 15) is 0 Å². The minimum absolute atomic E-state index is 0.658. The summed E-state index contributed by atoms with van der Waals surface area (Å²) in [5, 5.41) is 12.8. The fraction of sp³-hybridized carbons (Fsp3) is 0.154. The second-order valence-electron chi connectivity index (χ2n) is 3.37. The fourth-order valence-corrected chi connectivity index (χ4v) is 2.05. The van der Waals surface area contributed by atoms with Gasteiger partial charge in [-0.15, -0.1) is 0 Å². The number of hydrogen-bond acceptors (Lipinski definition) is 3. The molecule has 1 heterocycles. The standard InChI is InChI=1S/C13H11NOS/c14-9-11-1-3-13(4-2-11)15-7-5-12-6-8-16-10-12/h1-4,6,8,10H,5,7H2. The number of hydrogen-bond donors (Lipinski definition) is 0. The first-order chi connectivity index (χ1) is 7.88. The summed E-state index contributed by atoms with van der Waals surface area (Å²) in [6, 6.07) is 11.4. The molecule has 2 nitrogen and oxygen atoms in total. The highest BCUT2D eigenvalue weighted by Crippen LogP contribution is 2.12. The van der Waals surface area contributed by atoms with E-state index in [0.717, 1.165) is 12.2 Å². The van der Waals surface area contributed by atoms with Crippen molar-refractivity contribution < 1.29 is 4.74 Å². The Balaban J connectivity index is 1.83. The van der Waals surface area contributed by atoms with E-state index in [1.165, 1.54) is 5.56 Å². The van der Waals surface area contributed by atoms with Crippen LogP contribution in [-0.2, 0) is 6.42 Å². The molecule has 1 aromatic carbocycles. The number of rotatable bonds is 4. The molecule has 2 aromatic rings. The molecule has 0 fully saturated rings. The molecule has 0 atom stereocenters. The summed E-state index contributed by atoms with van der Waals surface area (Å²) < 4.78 is 5.57. The predicted molar refractivity (Wildman–Crippen MR) is 64.7 cm³/mol. The van der Waals surface area contributed by atoms with Crippen molar-refractivity contribution in [3.8, 4) is 11.8 Å².